The third-order valence-electron chi connectivity index (χ3n) is 4.78. The molecule has 0 fully saturated rings. The number of aromatic nitrogens is 2. The lowest BCUT2D eigenvalue weighted by atomic mass is 10.1. The zero-order valence-corrected chi connectivity index (χ0v) is 16.8. The van der Waals surface area contributed by atoms with Gasteiger partial charge in [-0.05, 0) is 70.0 Å². The highest BCUT2D eigenvalue weighted by atomic mass is 16.5. The lowest BCUT2D eigenvalue weighted by Gasteiger charge is -2.24. The first-order valence-electron chi connectivity index (χ1n) is 9.76. The molecule has 0 aliphatic carbocycles. The minimum atomic E-state index is 0.159. The number of aryl methyl sites for hydroxylation is 1. The molecule has 5 heteroatoms. The van der Waals surface area contributed by atoms with Crippen LogP contribution < -0.4 is 15.0 Å². The van der Waals surface area contributed by atoms with E-state index >= 15 is 0 Å². The van der Waals surface area contributed by atoms with Gasteiger partial charge in [0, 0.05) is 29.2 Å². The predicted molar refractivity (Wildman–Crippen MR) is 114 cm³/mol. The summed E-state index contributed by atoms with van der Waals surface area (Å²) in [7, 11) is 0. The van der Waals surface area contributed by atoms with Gasteiger partial charge >= 0.3 is 0 Å². The van der Waals surface area contributed by atoms with Gasteiger partial charge in [-0.2, -0.15) is 4.98 Å². The molecule has 144 valence electrons. The summed E-state index contributed by atoms with van der Waals surface area (Å²) in [6.07, 6.45) is 1.19. The van der Waals surface area contributed by atoms with Crippen molar-refractivity contribution in [3.63, 3.8) is 0 Å². The van der Waals surface area contributed by atoms with Crippen LogP contribution in [-0.4, -0.2) is 22.1 Å². The predicted octanol–water partition coefficient (Wildman–Crippen LogP) is 5.40. The van der Waals surface area contributed by atoms with E-state index in [1.807, 2.05) is 51.1 Å². The zero-order chi connectivity index (χ0) is 19.7. The molecular weight excluding hydrogens is 348 g/mol. The summed E-state index contributed by atoms with van der Waals surface area (Å²) in [5.41, 5.74) is 4.46. The fraction of sp³-hybridized carbons (Fsp3) is 0.304. The Morgan fingerprint density at radius 3 is 2.57 bits per heavy atom. The van der Waals surface area contributed by atoms with Crippen LogP contribution in [0.15, 0.2) is 54.6 Å². The van der Waals surface area contributed by atoms with Crippen molar-refractivity contribution in [2.24, 2.45) is 0 Å². The van der Waals surface area contributed by atoms with Crippen LogP contribution >= 0.6 is 0 Å². The second kappa shape index (κ2) is 7.50. The molecule has 1 aliphatic heterocycles. The van der Waals surface area contributed by atoms with Gasteiger partial charge in [0.25, 0.3) is 0 Å². The summed E-state index contributed by atoms with van der Waals surface area (Å²) >= 11 is 0. The Morgan fingerprint density at radius 2 is 1.82 bits per heavy atom. The minimum absolute atomic E-state index is 0.159. The summed E-state index contributed by atoms with van der Waals surface area (Å²) in [4.78, 5) is 11.7. The maximum atomic E-state index is 5.70. The SMILES string of the molecule is Cc1cc(N2c3ccccc3CC2C)nc(Nc2ccc(OC(C)C)cc2)n1. The van der Waals surface area contributed by atoms with Crippen LogP contribution in [0.3, 0.4) is 0 Å². The van der Waals surface area contributed by atoms with Crippen LogP contribution in [0.25, 0.3) is 0 Å². The first-order valence-corrected chi connectivity index (χ1v) is 9.76. The van der Waals surface area contributed by atoms with Crippen molar-refractivity contribution in [3.8, 4) is 5.75 Å². The molecule has 28 heavy (non-hydrogen) atoms. The number of benzene rings is 2. The van der Waals surface area contributed by atoms with Crippen LogP contribution in [0, 0.1) is 6.92 Å². The van der Waals surface area contributed by atoms with Gasteiger partial charge in [-0.3, -0.25) is 0 Å². The molecule has 3 aromatic rings. The number of para-hydroxylation sites is 1. The third kappa shape index (κ3) is 3.79. The second-order valence-corrected chi connectivity index (χ2v) is 7.56. The molecule has 1 N–H and O–H groups in total. The quantitative estimate of drug-likeness (QED) is 0.648. The molecule has 1 aliphatic rings. The molecule has 0 amide bonds. The lowest BCUT2D eigenvalue weighted by molar-refractivity contribution is 0.242. The summed E-state index contributed by atoms with van der Waals surface area (Å²) in [5.74, 6) is 2.38. The van der Waals surface area contributed by atoms with E-state index in [9.17, 15) is 0 Å². The Balaban J connectivity index is 1.60. The lowest BCUT2D eigenvalue weighted by Crippen LogP contribution is -2.25. The highest BCUT2D eigenvalue weighted by Crippen LogP contribution is 2.37. The molecule has 0 saturated heterocycles. The number of rotatable bonds is 5. The Kier molecular flexibility index (Phi) is 4.90. The maximum absolute atomic E-state index is 5.70. The Morgan fingerprint density at radius 1 is 1.07 bits per heavy atom. The first kappa shape index (κ1) is 18.3. The monoisotopic (exact) mass is 374 g/mol. The first-order chi connectivity index (χ1) is 13.5. The van der Waals surface area contributed by atoms with Gasteiger partial charge in [0.05, 0.1) is 6.10 Å². The van der Waals surface area contributed by atoms with E-state index < -0.39 is 0 Å². The number of nitrogens with one attached hydrogen (secondary N) is 1. The number of ether oxygens (including phenoxy) is 1. The Bertz CT molecular complexity index is 969. The van der Waals surface area contributed by atoms with Gasteiger partial charge in [0.2, 0.25) is 5.95 Å². The zero-order valence-electron chi connectivity index (χ0n) is 16.8. The summed E-state index contributed by atoms with van der Waals surface area (Å²) in [6, 6.07) is 18.8. The highest BCUT2D eigenvalue weighted by Gasteiger charge is 2.28. The minimum Gasteiger partial charge on any atom is -0.491 e. The van der Waals surface area contributed by atoms with Crippen molar-refractivity contribution in [1.82, 2.24) is 9.97 Å². The average molecular weight is 374 g/mol. The number of nitrogens with zero attached hydrogens (tertiary/aromatic N) is 3. The standard InChI is InChI=1S/C23H26N4O/c1-15(2)28-20-11-9-19(10-12-20)25-23-24-16(3)13-22(26-23)27-17(4)14-18-7-5-6-8-21(18)27/h5-13,15,17H,14H2,1-4H3,(H,24,25,26). The Hall–Kier alpha value is -3.08. The molecular formula is C23H26N4O. The molecule has 0 saturated carbocycles. The van der Waals surface area contributed by atoms with E-state index in [1.165, 1.54) is 11.3 Å². The number of hydrogen-bond donors (Lipinski definition) is 1. The smallest absolute Gasteiger partial charge is 0.229 e. The number of fused-ring (bicyclic) bond motifs is 1. The molecule has 2 aromatic carbocycles. The van der Waals surface area contributed by atoms with Crippen molar-refractivity contribution in [1.29, 1.82) is 0 Å². The normalized spacial score (nSPS) is 15.6. The third-order valence-corrected chi connectivity index (χ3v) is 4.78. The van der Waals surface area contributed by atoms with E-state index in [-0.39, 0.29) is 6.10 Å². The molecule has 0 bridgehead atoms. The van der Waals surface area contributed by atoms with Crippen LogP contribution in [0.5, 0.6) is 5.75 Å². The fourth-order valence-electron chi connectivity index (χ4n) is 3.66. The van der Waals surface area contributed by atoms with Gasteiger partial charge in [0.15, 0.2) is 0 Å². The second-order valence-electron chi connectivity index (χ2n) is 7.56. The highest BCUT2D eigenvalue weighted by molar-refractivity contribution is 5.70. The summed E-state index contributed by atoms with van der Waals surface area (Å²) in [6.45, 7) is 8.28. The molecule has 0 spiro atoms. The van der Waals surface area contributed by atoms with Crippen LogP contribution in [-0.2, 0) is 6.42 Å². The van der Waals surface area contributed by atoms with Gasteiger partial charge in [0.1, 0.15) is 11.6 Å². The van der Waals surface area contributed by atoms with E-state index in [2.05, 4.69) is 46.4 Å². The summed E-state index contributed by atoms with van der Waals surface area (Å²) in [5, 5.41) is 3.32. The van der Waals surface area contributed by atoms with Gasteiger partial charge in [-0.15, -0.1) is 0 Å². The molecule has 1 unspecified atom stereocenters. The van der Waals surface area contributed by atoms with E-state index in [0.29, 0.717) is 12.0 Å². The van der Waals surface area contributed by atoms with Crippen molar-refractivity contribution in [3.05, 3.63) is 65.9 Å². The van der Waals surface area contributed by atoms with Crippen LogP contribution in [0.1, 0.15) is 32.0 Å². The molecule has 1 aromatic heterocycles. The van der Waals surface area contributed by atoms with Crippen molar-refractivity contribution in [2.45, 2.75) is 46.3 Å². The van der Waals surface area contributed by atoms with Gasteiger partial charge < -0.3 is 15.0 Å². The van der Waals surface area contributed by atoms with Crippen molar-refractivity contribution < 1.29 is 4.74 Å². The molecule has 1 atom stereocenters. The molecule has 5 nitrogen and oxygen atoms in total. The van der Waals surface area contributed by atoms with Crippen molar-refractivity contribution >= 4 is 23.1 Å². The van der Waals surface area contributed by atoms with Gasteiger partial charge in [-0.25, -0.2) is 4.98 Å². The van der Waals surface area contributed by atoms with Crippen molar-refractivity contribution in [2.75, 3.05) is 10.2 Å². The molecule has 2 heterocycles. The van der Waals surface area contributed by atoms with E-state index in [4.69, 9.17) is 9.72 Å². The largest absolute Gasteiger partial charge is 0.491 e. The van der Waals surface area contributed by atoms with E-state index in [0.717, 1.165) is 29.4 Å². The average Bonchev–Trinajstić information content (AvgIpc) is 2.98. The van der Waals surface area contributed by atoms with Gasteiger partial charge in [-0.1, -0.05) is 18.2 Å². The van der Waals surface area contributed by atoms with Crippen LogP contribution in [0.2, 0.25) is 0 Å². The van der Waals surface area contributed by atoms with E-state index in [1.54, 1.807) is 0 Å². The number of anilines is 4. The number of hydrogen-bond acceptors (Lipinski definition) is 5. The maximum Gasteiger partial charge on any atom is 0.229 e. The fourth-order valence-corrected chi connectivity index (χ4v) is 3.66. The van der Waals surface area contributed by atoms with Crippen LogP contribution in [0.4, 0.5) is 23.1 Å². The molecule has 0 radical (unpaired) electrons. The molecule has 4 rings (SSSR count). The topological polar surface area (TPSA) is 50.3 Å². The summed E-state index contributed by atoms with van der Waals surface area (Å²) < 4.78 is 5.70. The Labute approximate surface area is 166 Å².